The Balaban J connectivity index is 1.78. The predicted molar refractivity (Wildman–Crippen MR) is 83.0 cm³/mol. The van der Waals surface area contributed by atoms with Crippen molar-refractivity contribution >= 4 is 23.4 Å². The molecule has 1 fully saturated rings. The topological polar surface area (TPSA) is 78.7 Å². The number of esters is 1. The van der Waals surface area contributed by atoms with E-state index in [2.05, 4.69) is 0 Å². The Labute approximate surface area is 133 Å². The van der Waals surface area contributed by atoms with Crippen molar-refractivity contribution in [1.82, 2.24) is 0 Å². The van der Waals surface area contributed by atoms with Gasteiger partial charge in [-0.25, -0.2) is 0 Å². The van der Waals surface area contributed by atoms with Crippen LogP contribution in [0.15, 0.2) is 29.2 Å². The highest BCUT2D eigenvalue weighted by atomic mass is 32.2. The van der Waals surface area contributed by atoms with E-state index in [-0.39, 0.29) is 23.0 Å². The van der Waals surface area contributed by atoms with E-state index in [1.807, 2.05) is 0 Å². The molecule has 1 heterocycles. The number of benzene rings is 1. The van der Waals surface area contributed by atoms with Gasteiger partial charge in [-0.3, -0.25) is 14.9 Å². The molecule has 0 N–H and O–H groups in total. The van der Waals surface area contributed by atoms with Gasteiger partial charge in [-0.2, -0.15) is 0 Å². The summed E-state index contributed by atoms with van der Waals surface area (Å²) in [4.78, 5) is 22.9. The number of hydrogen-bond donors (Lipinski definition) is 0. The lowest BCUT2D eigenvalue weighted by atomic mass is 10.1. The minimum Gasteiger partial charge on any atom is -0.462 e. The number of rotatable bonds is 6. The average molecular weight is 325 g/mol. The summed E-state index contributed by atoms with van der Waals surface area (Å²) in [5, 5.41) is 10.2. The third-order valence-electron chi connectivity index (χ3n) is 3.38. The number of thioether (sulfide) groups is 1. The Hall–Kier alpha value is -1.60. The van der Waals surface area contributed by atoms with E-state index < -0.39 is 4.92 Å². The Kier molecular flexibility index (Phi) is 6.21. The third-order valence-corrected chi connectivity index (χ3v) is 4.47. The van der Waals surface area contributed by atoms with Gasteiger partial charge in [0.1, 0.15) is 11.9 Å². The van der Waals surface area contributed by atoms with Gasteiger partial charge in [-0.15, -0.1) is 11.8 Å². The predicted octanol–water partition coefficient (Wildman–Crippen LogP) is 3.19. The van der Waals surface area contributed by atoms with Crippen LogP contribution >= 0.6 is 11.8 Å². The van der Waals surface area contributed by atoms with Crippen LogP contribution in [0.1, 0.15) is 26.2 Å². The largest absolute Gasteiger partial charge is 0.462 e. The monoisotopic (exact) mass is 325 g/mol. The van der Waals surface area contributed by atoms with E-state index in [1.165, 1.54) is 23.9 Å². The van der Waals surface area contributed by atoms with Gasteiger partial charge in [-0.05, 0) is 38.3 Å². The number of carbonyl (C=O) groups is 1. The van der Waals surface area contributed by atoms with Gasteiger partial charge in [0.15, 0.2) is 0 Å². The van der Waals surface area contributed by atoms with Crippen LogP contribution in [0.5, 0.6) is 0 Å². The van der Waals surface area contributed by atoms with E-state index >= 15 is 0 Å². The van der Waals surface area contributed by atoms with Crippen LogP contribution in [0.3, 0.4) is 0 Å². The highest BCUT2D eigenvalue weighted by Gasteiger charge is 2.20. The van der Waals surface area contributed by atoms with Gasteiger partial charge in [0.05, 0.1) is 11.0 Å². The van der Waals surface area contributed by atoms with E-state index in [0.717, 1.165) is 30.8 Å². The fraction of sp³-hybridized carbons (Fsp3) is 0.533. The van der Waals surface area contributed by atoms with Crippen molar-refractivity contribution in [3.63, 3.8) is 0 Å². The first-order valence-corrected chi connectivity index (χ1v) is 8.13. The van der Waals surface area contributed by atoms with Gasteiger partial charge in [0.25, 0.3) is 5.69 Å². The molecule has 0 amide bonds. The Morgan fingerprint density at radius 3 is 2.77 bits per heavy atom. The average Bonchev–Trinajstić information content (AvgIpc) is 2.54. The van der Waals surface area contributed by atoms with E-state index in [4.69, 9.17) is 9.47 Å². The maximum absolute atomic E-state index is 12.0. The van der Waals surface area contributed by atoms with Gasteiger partial charge < -0.3 is 9.47 Å². The molecule has 1 aliphatic rings. The van der Waals surface area contributed by atoms with Gasteiger partial charge in [0, 0.05) is 23.6 Å². The molecule has 7 heteroatoms. The fourth-order valence-corrected chi connectivity index (χ4v) is 3.00. The molecule has 0 bridgehead atoms. The molecule has 6 nitrogen and oxygen atoms in total. The molecular weight excluding hydrogens is 306 g/mol. The van der Waals surface area contributed by atoms with Gasteiger partial charge in [0.2, 0.25) is 0 Å². The van der Waals surface area contributed by atoms with Crippen molar-refractivity contribution in [2.45, 2.75) is 42.4 Å². The highest BCUT2D eigenvalue weighted by molar-refractivity contribution is 8.00. The summed E-state index contributed by atoms with van der Waals surface area (Å²) < 4.78 is 10.8. The standard InChI is InChI=1S/C15H19NO5S/c1-11(15(17)21-10-13-4-2-3-9-20-13)22-14-7-5-12(6-8-14)16(18)19/h5-8,11,13H,2-4,9-10H2,1H3. The van der Waals surface area contributed by atoms with Gasteiger partial charge >= 0.3 is 5.97 Å². The third kappa shape index (κ3) is 4.99. The number of ether oxygens (including phenoxy) is 2. The SMILES string of the molecule is CC(Sc1ccc([N+](=O)[O-])cc1)C(=O)OCC1CCCCO1. The second-order valence-corrected chi connectivity index (χ2v) is 6.54. The highest BCUT2D eigenvalue weighted by Crippen LogP contribution is 2.26. The number of nitro benzene ring substituents is 1. The van der Waals surface area contributed by atoms with Crippen molar-refractivity contribution in [3.8, 4) is 0 Å². The van der Waals surface area contributed by atoms with Crippen molar-refractivity contribution in [2.75, 3.05) is 13.2 Å². The lowest BCUT2D eigenvalue weighted by molar-refractivity contribution is -0.384. The molecule has 0 spiro atoms. The van der Waals surface area contributed by atoms with Crippen LogP contribution in [0.2, 0.25) is 0 Å². The molecule has 120 valence electrons. The maximum atomic E-state index is 12.0. The number of non-ortho nitro benzene ring substituents is 1. The van der Waals surface area contributed by atoms with Crippen LogP contribution in [0.4, 0.5) is 5.69 Å². The molecule has 2 atom stereocenters. The molecule has 0 radical (unpaired) electrons. The summed E-state index contributed by atoms with van der Waals surface area (Å²) in [5.74, 6) is -0.294. The number of hydrogen-bond acceptors (Lipinski definition) is 6. The van der Waals surface area contributed by atoms with Crippen LogP contribution < -0.4 is 0 Å². The summed E-state index contributed by atoms with van der Waals surface area (Å²) in [6, 6.07) is 6.13. The van der Waals surface area contributed by atoms with E-state index in [9.17, 15) is 14.9 Å². The molecule has 0 aromatic heterocycles. The van der Waals surface area contributed by atoms with Crippen molar-refractivity contribution in [3.05, 3.63) is 34.4 Å². The summed E-state index contributed by atoms with van der Waals surface area (Å²) >= 11 is 1.32. The number of carbonyl (C=O) groups excluding carboxylic acids is 1. The van der Waals surface area contributed by atoms with Crippen molar-refractivity contribution in [2.24, 2.45) is 0 Å². The molecule has 0 saturated carbocycles. The normalized spacial score (nSPS) is 19.4. The number of nitrogens with zero attached hydrogens (tertiary/aromatic N) is 1. The molecule has 2 rings (SSSR count). The first kappa shape index (κ1) is 16.8. The summed E-state index contributed by atoms with van der Waals surface area (Å²) in [5.41, 5.74) is 0.0361. The smallest absolute Gasteiger partial charge is 0.319 e. The lowest BCUT2D eigenvalue weighted by Crippen LogP contribution is -2.28. The maximum Gasteiger partial charge on any atom is 0.319 e. The Morgan fingerprint density at radius 1 is 1.45 bits per heavy atom. The summed E-state index contributed by atoms with van der Waals surface area (Å²) in [7, 11) is 0. The van der Waals surface area contributed by atoms with Crippen LogP contribution in [0, 0.1) is 10.1 Å². The first-order valence-electron chi connectivity index (χ1n) is 7.25. The second kappa shape index (κ2) is 8.14. The van der Waals surface area contributed by atoms with Crippen molar-refractivity contribution in [1.29, 1.82) is 0 Å². The summed E-state index contributed by atoms with van der Waals surface area (Å²) in [6.07, 6.45) is 3.11. The minimum absolute atomic E-state index is 0.00859. The number of nitro groups is 1. The molecule has 0 aliphatic carbocycles. The zero-order valence-corrected chi connectivity index (χ0v) is 13.2. The Morgan fingerprint density at radius 2 is 2.18 bits per heavy atom. The van der Waals surface area contributed by atoms with E-state index in [0.29, 0.717) is 6.61 Å². The zero-order valence-electron chi connectivity index (χ0n) is 12.4. The molecule has 1 aromatic rings. The molecule has 1 aliphatic heterocycles. The minimum atomic E-state index is -0.448. The van der Waals surface area contributed by atoms with Crippen LogP contribution in [0.25, 0.3) is 0 Å². The molecule has 1 aromatic carbocycles. The van der Waals surface area contributed by atoms with Crippen LogP contribution in [-0.2, 0) is 14.3 Å². The molecule has 1 saturated heterocycles. The zero-order chi connectivity index (χ0) is 15.9. The quantitative estimate of drug-likeness (QED) is 0.346. The van der Waals surface area contributed by atoms with Crippen LogP contribution in [-0.4, -0.2) is 35.5 Å². The first-order chi connectivity index (χ1) is 10.6. The lowest BCUT2D eigenvalue weighted by Gasteiger charge is -2.22. The summed E-state index contributed by atoms with van der Waals surface area (Å²) in [6.45, 7) is 2.79. The second-order valence-electron chi connectivity index (χ2n) is 5.13. The molecule has 2 unspecified atom stereocenters. The van der Waals surface area contributed by atoms with E-state index in [1.54, 1.807) is 19.1 Å². The van der Waals surface area contributed by atoms with Gasteiger partial charge in [-0.1, -0.05) is 0 Å². The molecular formula is C15H19NO5S. The van der Waals surface area contributed by atoms with Crippen molar-refractivity contribution < 1.29 is 19.2 Å². The fourth-order valence-electron chi connectivity index (χ4n) is 2.13. The molecule has 22 heavy (non-hydrogen) atoms. The Bertz CT molecular complexity index is 513.